The number of ether oxygens (including phenoxy) is 1. The van der Waals surface area contributed by atoms with Crippen LogP contribution < -0.4 is 5.32 Å². The maximum Gasteiger partial charge on any atom is 0.261 e. The number of thiophene rings is 1. The fraction of sp³-hybridized carbons (Fsp3) is 0.389. The van der Waals surface area contributed by atoms with Crippen LogP contribution in [0, 0.1) is 6.92 Å². The molecule has 1 aromatic carbocycles. The lowest BCUT2D eigenvalue weighted by atomic mass is 9.92. The lowest BCUT2D eigenvalue weighted by Crippen LogP contribution is -2.32. The minimum absolute atomic E-state index is 0.0157. The van der Waals surface area contributed by atoms with Crippen molar-refractivity contribution in [1.82, 2.24) is 5.32 Å². The number of carbonyl (C=O) groups is 1. The summed E-state index contributed by atoms with van der Waals surface area (Å²) in [6.45, 7) is 3.34. The van der Waals surface area contributed by atoms with Crippen molar-refractivity contribution in [3.8, 4) is 0 Å². The van der Waals surface area contributed by atoms with E-state index >= 15 is 0 Å². The fourth-order valence-electron chi connectivity index (χ4n) is 2.99. The molecule has 1 aromatic heterocycles. The van der Waals surface area contributed by atoms with Gasteiger partial charge in [0.05, 0.1) is 11.5 Å². The molecular formula is C18H21NO2S. The number of amides is 1. The van der Waals surface area contributed by atoms with Gasteiger partial charge in [0, 0.05) is 24.6 Å². The van der Waals surface area contributed by atoms with Crippen molar-refractivity contribution in [2.45, 2.75) is 31.8 Å². The van der Waals surface area contributed by atoms with Gasteiger partial charge in [0.15, 0.2) is 0 Å². The zero-order chi connectivity index (χ0) is 15.6. The molecule has 0 spiro atoms. The van der Waals surface area contributed by atoms with E-state index in [0.29, 0.717) is 13.2 Å². The van der Waals surface area contributed by atoms with Crippen molar-refractivity contribution < 1.29 is 9.53 Å². The summed E-state index contributed by atoms with van der Waals surface area (Å²) in [5.74, 6) is 0.0157. The summed E-state index contributed by atoms with van der Waals surface area (Å²) in [4.78, 5) is 13.2. The molecule has 1 aliphatic carbocycles. The summed E-state index contributed by atoms with van der Waals surface area (Å²) < 4.78 is 5.15. The summed E-state index contributed by atoms with van der Waals surface area (Å²) in [5, 5.41) is 5.07. The highest BCUT2D eigenvalue weighted by Crippen LogP contribution is 2.48. The number of rotatable bonds is 6. The second-order valence-corrected chi connectivity index (χ2v) is 6.90. The van der Waals surface area contributed by atoms with Crippen molar-refractivity contribution in [3.05, 3.63) is 57.3 Å². The third-order valence-electron chi connectivity index (χ3n) is 4.41. The highest BCUT2D eigenvalue weighted by molar-refractivity contribution is 7.12. The second kappa shape index (κ2) is 6.23. The quantitative estimate of drug-likeness (QED) is 0.883. The first-order valence-electron chi connectivity index (χ1n) is 7.56. The Labute approximate surface area is 135 Å². The number of methoxy groups -OCH3 is 1. The lowest BCUT2D eigenvalue weighted by Gasteiger charge is -2.19. The van der Waals surface area contributed by atoms with Gasteiger partial charge in [0.1, 0.15) is 0 Å². The van der Waals surface area contributed by atoms with Crippen molar-refractivity contribution in [3.63, 3.8) is 0 Å². The molecule has 3 nitrogen and oxygen atoms in total. The monoisotopic (exact) mass is 315 g/mol. The van der Waals surface area contributed by atoms with Crippen LogP contribution >= 0.6 is 11.3 Å². The van der Waals surface area contributed by atoms with Gasteiger partial charge in [-0.3, -0.25) is 4.79 Å². The van der Waals surface area contributed by atoms with Crippen LogP contribution in [0.25, 0.3) is 0 Å². The molecule has 4 heteroatoms. The number of hydrogen-bond acceptors (Lipinski definition) is 3. The smallest absolute Gasteiger partial charge is 0.261 e. The number of carbonyl (C=O) groups excluding carboxylic acids is 1. The fourth-order valence-corrected chi connectivity index (χ4v) is 3.82. The van der Waals surface area contributed by atoms with Gasteiger partial charge in [-0.1, -0.05) is 24.3 Å². The molecule has 2 aromatic rings. The van der Waals surface area contributed by atoms with E-state index in [0.717, 1.165) is 23.3 Å². The number of nitrogens with one attached hydrogen (secondary N) is 1. The standard InChI is InChI=1S/C18H21NO2S/c1-13-5-3-4-6-15(13)18(8-9-18)12-19-17(20)16-14(11-21-2)7-10-22-16/h3-7,10H,8-9,11-12H2,1-2H3,(H,19,20). The third kappa shape index (κ3) is 2.94. The Hall–Kier alpha value is -1.65. The SMILES string of the molecule is COCc1ccsc1C(=O)NCC1(c2ccccc2C)CC1. The van der Waals surface area contributed by atoms with Crippen molar-refractivity contribution >= 4 is 17.2 Å². The van der Waals surface area contributed by atoms with Crippen LogP contribution in [0.5, 0.6) is 0 Å². The van der Waals surface area contributed by atoms with Crippen LogP contribution in [0.4, 0.5) is 0 Å². The predicted molar refractivity (Wildman–Crippen MR) is 89.5 cm³/mol. The molecule has 1 heterocycles. The summed E-state index contributed by atoms with van der Waals surface area (Å²) >= 11 is 1.48. The zero-order valence-electron chi connectivity index (χ0n) is 13.0. The van der Waals surface area contributed by atoms with E-state index < -0.39 is 0 Å². The number of hydrogen-bond donors (Lipinski definition) is 1. The molecule has 116 valence electrons. The van der Waals surface area contributed by atoms with Crippen LogP contribution in [-0.2, 0) is 16.8 Å². The van der Waals surface area contributed by atoms with Crippen molar-refractivity contribution in [2.75, 3.05) is 13.7 Å². The Morgan fingerprint density at radius 1 is 1.32 bits per heavy atom. The first-order chi connectivity index (χ1) is 10.7. The summed E-state index contributed by atoms with van der Waals surface area (Å²) in [5.41, 5.74) is 3.79. The van der Waals surface area contributed by atoms with Crippen LogP contribution in [0.15, 0.2) is 35.7 Å². The van der Waals surface area contributed by atoms with E-state index in [9.17, 15) is 4.79 Å². The maximum atomic E-state index is 12.4. The first kappa shape index (κ1) is 15.3. The number of aryl methyl sites for hydroxylation is 1. The molecular weight excluding hydrogens is 294 g/mol. The van der Waals surface area contributed by atoms with E-state index in [-0.39, 0.29) is 11.3 Å². The normalized spacial score (nSPS) is 15.5. The van der Waals surface area contributed by atoms with Gasteiger partial charge >= 0.3 is 0 Å². The summed E-state index contributed by atoms with van der Waals surface area (Å²) in [7, 11) is 1.65. The molecule has 1 fully saturated rings. The van der Waals surface area contributed by atoms with Crippen LogP contribution in [0.2, 0.25) is 0 Å². The second-order valence-electron chi connectivity index (χ2n) is 5.99. The molecule has 0 atom stereocenters. The average Bonchev–Trinajstić information content (AvgIpc) is 3.16. The van der Waals surface area contributed by atoms with Crippen molar-refractivity contribution in [1.29, 1.82) is 0 Å². The molecule has 1 saturated carbocycles. The predicted octanol–water partition coefficient (Wildman–Crippen LogP) is 3.66. The van der Waals surface area contributed by atoms with E-state index in [2.05, 4.69) is 36.5 Å². The van der Waals surface area contributed by atoms with Gasteiger partial charge in [0.25, 0.3) is 5.91 Å². The summed E-state index contributed by atoms with van der Waals surface area (Å²) in [6.07, 6.45) is 2.29. The first-order valence-corrected chi connectivity index (χ1v) is 8.44. The van der Waals surface area contributed by atoms with Gasteiger partial charge < -0.3 is 10.1 Å². The number of benzene rings is 1. The maximum absolute atomic E-state index is 12.4. The van der Waals surface area contributed by atoms with Gasteiger partial charge in [-0.05, 0) is 42.3 Å². The van der Waals surface area contributed by atoms with E-state index in [1.165, 1.54) is 22.5 Å². The van der Waals surface area contributed by atoms with E-state index in [1.54, 1.807) is 7.11 Å². The highest BCUT2D eigenvalue weighted by Gasteiger charge is 2.45. The topological polar surface area (TPSA) is 38.3 Å². The van der Waals surface area contributed by atoms with Gasteiger partial charge in [-0.2, -0.15) is 0 Å². The van der Waals surface area contributed by atoms with E-state index in [1.807, 2.05) is 11.4 Å². The third-order valence-corrected chi connectivity index (χ3v) is 5.37. The molecule has 0 radical (unpaired) electrons. The molecule has 0 saturated heterocycles. The molecule has 0 bridgehead atoms. The van der Waals surface area contributed by atoms with Crippen molar-refractivity contribution in [2.24, 2.45) is 0 Å². The van der Waals surface area contributed by atoms with Crippen LogP contribution in [0.3, 0.4) is 0 Å². The Morgan fingerprint density at radius 2 is 2.09 bits per heavy atom. The molecule has 0 unspecified atom stereocenters. The van der Waals surface area contributed by atoms with Gasteiger partial charge in [-0.25, -0.2) is 0 Å². The zero-order valence-corrected chi connectivity index (χ0v) is 13.8. The Balaban J connectivity index is 1.69. The lowest BCUT2D eigenvalue weighted by molar-refractivity contribution is 0.0949. The highest BCUT2D eigenvalue weighted by atomic mass is 32.1. The molecule has 1 N–H and O–H groups in total. The molecule has 0 aliphatic heterocycles. The van der Waals surface area contributed by atoms with Crippen LogP contribution in [0.1, 0.15) is 39.2 Å². The largest absolute Gasteiger partial charge is 0.380 e. The molecule has 22 heavy (non-hydrogen) atoms. The Bertz CT molecular complexity index is 673. The molecule has 1 amide bonds. The minimum atomic E-state index is 0.0157. The molecule has 1 aliphatic rings. The summed E-state index contributed by atoms with van der Waals surface area (Å²) in [6, 6.07) is 10.4. The molecule has 3 rings (SSSR count). The Morgan fingerprint density at radius 3 is 2.77 bits per heavy atom. The van der Waals surface area contributed by atoms with Crippen LogP contribution in [-0.4, -0.2) is 19.6 Å². The van der Waals surface area contributed by atoms with E-state index in [4.69, 9.17) is 4.74 Å². The van der Waals surface area contributed by atoms with Gasteiger partial charge in [0.2, 0.25) is 0 Å². The average molecular weight is 315 g/mol. The Kier molecular flexibility index (Phi) is 4.32. The van der Waals surface area contributed by atoms with Gasteiger partial charge in [-0.15, -0.1) is 11.3 Å². The minimum Gasteiger partial charge on any atom is -0.380 e.